The van der Waals surface area contributed by atoms with Crippen LogP contribution in [0, 0.1) is 5.41 Å². The molecule has 0 saturated heterocycles. The number of carbonyl (C=O) groups excluding carboxylic acids is 1. The fraction of sp³-hybridized carbons (Fsp3) is 0.750. The van der Waals surface area contributed by atoms with E-state index in [1.807, 2.05) is 0 Å². The monoisotopic (exact) mass is 189 g/mol. The van der Waals surface area contributed by atoms with Gasteiger partial charge in [-0.1, -0.05) is 20.8 Å². The Morgan fingerprint density at radius 2 is 2.15 bits per heavy atom. The molecule has 0 fully saturated rings. The maximum atomic E-state index is 10.7. The van der Waals surface area contributed by atoms with Crippen molar-refractivity contribution in [1.29, 1.82) is 0 Å². The summed E-state index contributed by atoms with van der Waals surface area (Å²) in [5.41, 5.74) is -0.419. The second kappa shape index (κ2) is 4.81. The Morgan fingerprint density at radius 3 is 2.46 bits per heavy atom. The zero-order valence-electron chi connectivity index (χ0n) is 8.03. The van der Waals surface area contributed by atoms with Crippen molar-refractivity contribution in [3.63, 3.8) is 0 Å². The summed E-state index contributed by atoms with van der Waals surface area (Å²) in [4.78, 5) is 20.5. The summed E-state index contributed by atoms with van der Waals surface area (Å²) in [5, 5.41) is 11.4. The number of carboxylic acids is 1. The van der Waals surface area contributed by atoms with Crippen molar-refractivity contribution in [2.45, 2.75) is 26.8 Å². The largest absolute Gasteiger partial charge is 0.480 e. The normalized spacial score (nSPS) is 13.5. The van der Waals surface area contributed by atoms with Crippen molar-refractivity contribution in [1.82, 2.24) is 5.32 Å². The van der Waals surface area contributed by atoms with E-state index in [1.165, 1.54) is 0 Å². The molecular weight excluding hydrogens is 174 g/mol. The summed E-state index contributed by atoms with van der Waals surface area (Å²) in [5.74, 6) is -0.956. The maximum Gasteiger partial charge on any atom is 0.321 e. The van der Waals surface area contributed by atoms with Gasteiger partial charge in [0.25, 0.3) is 6.47 Å². The number of ether oxygens (including phenoxy) is 1. The minimum Gasteiger partial charge on any atom is -0.480 e. The predicted octanol–water partition coefficient (Wildman–Crippen LogP) is 0.206. The lowest BCUT2D eigenvalue weighted by atomic mass is 9.87. The van der Waals surface area contributed by atoms with Crippen LogP contribution in [0.15, 0.2) is 0 Å². The average Bonchev–Trinajstić information content (AvgIpc) is 1.94. The van der Waals surface area contributed by atoms with E-state index in [2.05, 4.69) is 10.1 Å². The number of nitrogens with one attached hydrogen (secondary N) is 1. The van der Waals surface area contributed by atoms with Crippen LogP contribution >= 0.6 is 0 Å². The van der Waals surface area contributed by atoms with Crippen LogP contribution in [0.3, 0.4) is 0 Å². The number of aliphatic carboxylic acids is 1. The number of hydrogen-bond acceptors (Lipinski definition) is 4. The summed E-state index contributed by atoms with van der Waals surface area (Å²) >= 11 is 0. The standard InChI is InChI=1S/C8H15NO4/c1-8(2,3)6(7(11)12)9-4-13-5-10/h5-6,9H,4H2,1-3H3,(H,11,12)/t6-/m1/s1. The third-order valence-corrected chi connectivity index (χ3v) is 1.55. The molecule has 0 aromatic carbocycles. The lowest BCUT2D eigenvalue weighted by molar-refractivity contribution is -0.144. The number of carboxylic acid groups (broad SMARTS) is 1. The van der Waals surface area contributed by atoms with Gasteiger partial charge in [0.2, 0.25) is 0 Å². The van der Waals surface area contributed by atoms with Crippen LogP contribution in [0.4, 0.5) is 0 Å². The molecule has 0 aromatic heterocycles. The highest BCUT2D eigenvalue weighted by atomic mass is 16.5. The van der Waals surface area contributed by atoms with Gasteiger partial charge in [-0.15, -0.1) is 0 Å². The van der Waals surface area contributed by atoms with Crippen molar-refractivity contribution < 1.29 is 19.4 Å². The first-order chi connectivity index (χ1) is 5.89. The Labute approximate surface area is 77.1 Å². The molecule has 0 unspecified atom stereocenters. The van der Waals surface area contributed by atoms with E-state index in [0.717, 1.165) is 0 Å². The molecule has 2 N–H and O–H groups in total. The fourth-order valence-corrected chi connectivity index (χ4v) is 0.929. The van der Waals surface area contributed by atoms with Crippen molar-refractivity contribution in [2.75, 3.05) is 6.73 Å². The SMILES string of the molecule is CC(C)(C)[C@H](NCOC=O)C(=O)O. The minimum atomic E-state index is -0.956. The second-order valence-corrected chi connectivity index (χ2v) is 3.75. The minimum absolute atomic E-state index is 0.0856. The van der Waals surface area contributed by atoms with Crippen molar-refractivity contribution in [3.05, 3.63) is 0 Å². The first kappa shape index (κ1) is 11.9. The Morgan fingerprint density at radius 1 is 1.62 bits per heavy atom. The first-order valence-electron chi connectivity index (χ1n) is 3.91. The van der Waals surface area contributed by atoms with E-state index in [-0.39, 0.29) is 13.2 Å². The molecule has 0 aliphatic rings. The molecule has 0 rings (SSSR count). The average molecular weight is 189 g/mol. The molecule has 0 aliphatic carbocycles. The molecule has 0 spiro atoms. The molecule has 13 heavy (non-hydrogen) atoms. The van der Waals surface area contributed by atoms with Gasteiger partial charge in [-0.05, 0) is 5.41 Å². The highest BCUT2D eigenvalue weighted by Crippen LogP contribution is 2.18. The summed E-state index contributed by atoms with van der Waals surface area (Å²) in [6.07, 6.45) is 0. The smallest absolute Gasteiger partial charge is 0.321 e. The molecule has 0 amide bonds. The van der Waals surface area contributed by atoms with E-state index in [0.29, 0.717) is 0 Å². The Kier molecular flexibility index (Phi) is 4.40. The van der Waals surface area contributed by atoms with Crippen molar-refractivity contribution >= 4 is 12.4 Å². The Bertz CT molecular complexity index is 185. The van der Waals surface area contributed by atoms with Gasteiger partial charge in [-0.3, -0.25) is 14.9 Å². The summed E-state index contributed by atoms with van der Waals surface area (Å²) < 4.78 is 4.35. The first-order valence-corrected chi connectivity index (χ1v) is 3.91. The third-order valence-electron chi connectivity index (χ3n) is 1.55. The van der Waals surface area contributed by atoms with Gasteiger partial charge >= 0.3 is 5.97 Å². The van der Waals surface area contributed by atoms with E-state index in [4.69, 9.17) is 5.11 Å². The topological polar surface area (TPSA) is 75.6 Å². The van der Waals surface area contributed by atoms with Gasteiger partial charge < -0.3 is 9.84 Å². The van der Waals surface area contributed by atoms with Crippen LogP contribution in [-0.4, -0.2) is 30.3 Å². The van der Waals surface area contributed by atoms with Gasteiger partial charge in [0.15, 0.2) is 0 Å². The van der Waals surface area contributed by atoms with Gasteiger partial charge in [0.05, 0.1) is 0 Å². The van der Waals surface area contributed by atoms with Crippen LogP contribution in [-0.2, 0) is 14.3 Å². The lowest BCUT2D eigenvalue weighted by Crippen LogP contribution is -2.47. The summed E-state index contributed by atoms with van der Waals surface area (Å²) in [6.45, 7) is 5.56. The summed E-state index contributed by atoms with van der Waals surface area (Å²) in [7, 11) is 0. The Balaban J connectivity index is 4.12. The van der Waals surface area contributed by atoms with Crippen molar-refractivity contribution in [3.8, 4) is 0 Å². The molecule has 0 saturated carbocycles. The fourth-order valence-electron chi connectivity index (χ4n) is 0.929. The lowest BCUT2D eigenvalue weighted by Gasteiger charge is -2.27. The van der Waals surface area contributed by atoms with E-state index in [1.54, 1.807) is 20.8 Å². The van der Waals surface area contributed by atoms with E-state index >= 15 is 0 Å². The van der Waals surface area contributed by atoms with Crippen molar-refractivity contribution in [2.24, 2.45) is 5.41 Å². The van der Waals surface area contributed by atoms with Crippen LogP contribution in [0.2, 0.25) is 0 Å². The van der Waals surface area contributed by atoms with Crippen LogP contribution in [0.25, 0.3) is 0 Å². The quantitative estimate of drug-likeness (QED) is 0.367. The van der Waals surface area contributed by atoms with Crippen LogP contribution in [0.5, 0.6) is 0 Å². The summed E-state index contributed by atoms with van der Waals surface area (Å²) in [6, 6.07) is -0.729. The van der Waals surface area contributed by atoms with E-state index < -0.39 is 17.4 Å². The highest BCUT2D eigenvalue weighted by Gasteiger charge is 2.30. The number of hydrogen-bond donors (Lipinski definition) is 2. The molecule has 5 heteroatoms. The van der Waals surface area contributed by atoms with Gasteiger partial charge in [0, 0.05) is 0 Å². The van der Waals surface area contributed by atoms with Gasteiger partial charge in [0.1, 0.15) is 12.8 Å². The molecule has 76 valence electrons. The molecule has 0 heterocycles. The zero-order chi connectivity index (χ0) is 10.5. The molecular formula is C8H15NO4. The molecule has 5 nitrogen and oxygen atoms in total. The van der Waals surface area contributed by atoms with Crippen LogP contribution in [0.1, 0.15) is 20.8 Å². The van der Waals surface area contributed by atoms with Gasteiger partial charge in [-0.25, -0.2) is 0 Å². The van der Waals surface area contributed by atoms with E-state index in [9.17, 15) is 9.59 Å². The molecule has 0 radical (unpaired) electrons. The Hall–Kier alpha value is -1.10. The number of rotatable bonds is 5. The maximum absolute atomic E-state index is 10.7. The number of carbonyl (C=O) groups is 2. The predicted molar refractivity (Wildman–Crippen MR) is 46.0 cm³/mol. The van der Waals surface area contributed by atoms with Gasteiger partial charge in [-0.2, -0.15) is 0 Å². The molecule has 0 aliphatic heterocycles. The molecule has 1 atom stereocenters. The second-order valence-electron chi connectivity index (χ2n) is 3.75. The zero-order valence-corrected chi connectivity index (χ0v) is 8.03. The third kappa shape index (κ3) is 4.47. The van der Waals surface area contributed by atoms with Crippen LogP contribution < -0.4 is 5.32 Å². The highest BCUT2D eigenvalue weighted by molar-refractivity contribution is 5.74. The molecule has 0 aromatic rings. The molecule has 0 bridgehead atoms.